The summed E-state index contributed by atoms with van der Waals surface area (Å²) < 4.78 is 7.08. The maximum atomic E-state index is 12.9. The third-order valence-electron chi connectivity index (χ3n) is 5.51. The summed E-state index contributed by atoms with van der Waals surface area (Å²) in [5, 5.41) is 4.23. The van der Waals surface area contributed by atoms with Crippen LogP contribution in [0.1, 0.15) is 31.4 Å². The lowest BCUT2D eigenvalue weighted by Gasteiger charge is -2.46. The highest BCUT2D eigenvalue weighted by Crippen LogP contribution is 2.41. The number of rotatable bonds is 5. The van der Waals surface area contributed by atoms with Gasteiger partial charge in [-0.25, -0.2) is 0 Å². The van der Waals surface area contributed by atoms with Crippen LogP contribution in [0, 0.1) is 5.41 Å². The highest BCUT2D eigenvalue weighted by Gasteiger charge is 2.45. The Morgan fingerprint density at radius 2 is 2.04 bits per heavy atom. The second-order valence-corrected chi connectivity index (χ2v) is 6.89. The van der Waals surface area contributed by atoms with Crippen molar-refractivity contribution >= 4 is 5.91 Å². The maximum Gasteiger partial charge on any atom is 0.228 e. The number of nitrogens with zero attached hydrogens (tertiary/aromatic N) is 4. The molecule has 2 aliphatic heterocycles. The number of carbonyl (C=O) groups is 1. The van der Waals surface area contributed by atoms with Gasteiger partial charge in [0.05, 0.1) is 17.7 Å². The number of methoxy groups -OCH3 is 1. The molecule has 0 radical (unpaired) electrons. The van der Waals surface area contributed by atoms with Crippen LogP contribution in [0.25, 0.3) is 0 Å². The summed E-state index contributed by atoms with van der Waals surface area (Å²) in [5.41, 5.74) is 1.12. The molecule has 6 heteroatoms. The zero-order chi connectivity index (χ0) is 16.3. The van der Waals surface area contributed by atoms with E-state index in [1.807, 2.05) is 22.8 Å². The van der Waals surface area contributed by atoms with E-state index in [0.29, 0.717) is 12.5 Å². The van der Waals surface area contributed by atoms with Crippen molar-refractivity contribution in [1.29, 1.82) is 0 Å². The second kappa shape index (κ2) is 7.01. The normalized spacial score (nSPS) is 22.0. The van der Waals surface area contributed by atoms with Gasteiger partial charge in [-0.3, -0.25) is 14.4 Å². The first-order chi connectivity index (χ1) is 11.1. The van der Waals surface area contributed by atoms with Crippen LogP contribution in [0.5, 0.6) is 0 Å². The molecule has 6 nitrogen and oxygen atoms in total. The number of amides is 1. The molecule has 2 fully saturated rings. The summed E-state index contributed by atoms with van der Waals surface area (Å²) in [5.74, 6) is 0.362. The molecule has 1 aromatic heterocycles. The minimum absolute atomic E-state index is 0.116. The van der Waals surface area contributed by atoms with E-state index < -0.39 is 0 Å². The fourth-order valence-electron chi connectivity index (χ4n) is 3.96. The van der Waals surface area contributed by atoms with Crippen molar-refractivity contribution in [3.63, 3.8) is 0 Å². The largest absolute Gasteiger partial charge is 0.383 e. The Bertz CT molecular complexity index is 534. The fourth-order valence-corrected chi connectivity index (χ4v) is 3.96. The van der Waals surface area contributed by atoms with E-state index in [4.69, 9.17) is 4.74 Å². The quantitative estimate of drug-likeness (QED) is 0.820. The van der Waals surface area contributed by atoms with E-state index >= 15 is 0 Å². The van der Waals surface area contributed by atoms with Crippen molar-refractivity contribution in [2.75, 3.05) is 39.9 Å². The summed E-state index contributed by atoms with van der Waals surface area (Å²) in [7, 11) is 3.68. The molecule has 128 valence electrons. The molecule has 1 amide bonds. The summed E-state index contributed by atoms with van der Waals surface area (Å²) in [6.07, 6.45) is 5.98. The summed E-state index contributed by atoms with van der Waals surface area (Å²) in [6, 6.07) is 2.07. The molecule has 0 aromatic carbocycles. The van der Waals surface area contributed by atoms with Gasteiger partial charge in [0.15, 0.2) is 0 Å². The minimum atomic E-state index is -0.116. The predicted octanol–water partition coefficient (Wildman–Crippen LogP) is 1.27. The number of piperidine rings is 2. The Kier molecular flexibility index (Phi) is 5.02. The number of aryl methyl sites for hydroxylation is 1. The third kappa shape index (κ3) is 3.43. The molecule has 0 atom stereocenters. The highest BCUT2D eigenvalue weighted by atomic mass is 16.5. The van der Waals surface area contributed by atoms with Gasteiger partial charge >= 0.3 is 0 Å². The van der Waals surface area contributed by atoms with Gasteiger partial charge in [-0.15, -0.1) is 0 Å². The number of aromatic nitrogens is 2. The first-order valence-corrected chi connectivity index (χ1v) is 8.62. The third-order valence-corrected chi connectivity index (χ3v) is 5.51. The van der Waals surface area contributed by atoms with Crippen LogP contribution in [0.3, 0.4) is 0 Å². The van der Waals surface area contributed by atoms with Crippen LogP contribution in [0.4, 0.5) is 0 Å². The molecular formula is C17H28N4O2. The number of hydrogen-bond acceptors (Lipinski definition) is 4. The van der Waals surface area contributed by atoms with Gasteiger partial charge in [0.1, 0.15) is 0 Å². The van der Waals surface area contributed by atoms with E-state index in [1.165, 1.54) is 5.69 Å². The van der Waals surface area contributed by atoms with Gasteiger partial charge < -0.3 is 9.64 Å². The Morgan fingerprint density at radius 1 is 1.26 bits per heavy atom. The van der Waals surface area contributed by atoms with Crippen molar-refractivity contribution in [3.05, 3.63) is 18.0 Å². The predicted molar refractivity (Wildman–Crippen MR) is 87.8 cm³/mol. The first-order valence-electron chi connectivity index (χ1n) is 8.62. The second-order valence-electron chi connectivity index (χ2n) is 6.89. The number of likely N-dealkylation sites (tertiary alicyclic amines) is 2. The van der Waals surface area contributed by atoms with Crippen LogP contribution in [0.15, 0.2) is 12.3 Å². The molecule has 3 rings (SSSR count). The van der Waals surface area contributed by atoms with Crippen LogP contribution in [-0.2, 0) is 23.1 Å². The molecular weight excluding hydrogens is 292 g/mol. The SMILES string of the molecule is COCCN1CCCC2(CCN(Cc3ccnn3C)CC2)C1=O. The monoisotopic (exact) mass is 320 g/mol. The lowest BCUT2D eigenvalue weighted by molar-refractivity contribution is -0.150. The smallest absolute Gasteiger partial charge is 0.228 e. The lowest BCUT2D eigenvalue weighted by atomic mass is 9.71. The van der Waals surface area contributed by atoms with E-state index in [0.717, 1.165) is 58.4 Å². The fraction of sp³-hybridized carbons (Fsp3) is 0.765. The molecule has 1 aromatic rings. The van der Waals surface area contributed by atoms with Crippen LogP contribution in [-0.4, -0.2) is 65.4 Å². The summed E-state index contributed by atoms with van der Waals surface area (Å²) >= 11 is 0. The zero-order valence-corrected chi connectivity index (χ0v) is 14.3. The van der Waals surface area contributed by atoms with Crippen molar-refractivity contribution in [3.8, 4) is 0 Å². The standard InChI is InChI=1S/C17H28N4O2/c1-19-15(4-8-18-19)14-20-10-6-17(7-11-20)5-3-9-21(16(17)22)12-13-23-2/h4,8H,3,5-7,9-14H2,1-2H3. The number of hydrogen-bond donors (Lipinski definition) is 0. The number of ether oxygens (including phenoxy) is 1. The van der Waals surface area contributed by atoms with Crippen molar-refractivity contribution in [2.24, 2.45) is 12.5 Å². The molecule has 0 N–H and O–H groups in total. The van der Waals surface area contributed by atoms with E-state index in [2.05, 4.69) is 16.1 Å². The Balaban J connectivity index is 1.58. The highest BCUT2D eigenvalue weighted by molar-refractivity contribution is 5.83. The maximum absolute atomic E-state index is 12.9. The molecule has 0 aliphatic carbocycles. The molecule has 23 heavy (non-hydrogen) atoms. The average Bonchev–Trinajstić information content (AvgIpc) is 2.96. The minimum Gasteiger partial charge on any atom is -0.383 e. The van der Waals surface area contributed by atoms with Crippen molar-refractivity contribution in [2.45, 2.75) is 32.2 Å². The van der Waals surface area contributed by atoms with Gasteiger partial charge in [0.2, 0.25) is 5.91 Å². The Morgan fingerprint density at radius 3 is 2.70 bits per heavy atom. The van der Waals surface area contributed by atoms with E-state index in [9.17, 15) is 4.79 Å². The van der Waals surface area contributed by atoms with Gasteiger partial charge in [0.25, 0.3) is 0 Å². The summed E-state index contributed by atoms with van der Waals surface area (Å²) in [4.78, 5) is 17.4. The summed E-state index contributed by atoms with van der Waals surface area (Å²) in [6.45, 7) is 5.17. The topological polar surface area (TPSA) is 50.6 Å². The zero-order valence-electron chi connectivity index (χ0n) is 14.3. The lowest BCUT2D eigenvalue weighted by Crippen LogP contribution is -2.54. The van der Waals surface area contributed by atoms with E-state index in [-0.39, 0.29) is 5.41 Å². The molecule has 1 spiro atoms. The number of carbonyl (C=O) groups excluding carboxylic acids is 1. The Labute approximate surface area is 138 Å². The molecule has 2 aliphatic rings. The van der Waals surface area contributed by atoms with Gasteiger partial charge in [-0.2, -0.15) is 5.10 Å². The molecule has 0 unspecified atom stereocenters. The molecule has 0 saturated carbocycles. The Hall–Kier alpha value is -1.40. The van der Waals surface area contributed by atoms with Gasteiger partial charge in [0, 0.05) is 40.0 Å². The van der Waals surface area contributed by atoms with Crippen LogP contribution in [0.2, 0.25) is 0 Å². The van der Waals surface area contributed by atoms with Gasteiger partial charge in [-0.05, 0) is 44.8 Å². The molecule has 2 saturated heterocycles. The molecule has 3 heterocycles. The van der Waals surface area contributed by atoms with Gasteiger partial charge in [-0.1, -0.05) is 0 Å². The van der Waals surface area contributed by atoms with Crippen molar-refractivity contribution in [1.82, 2.24) is 19.6 Å². The first kappa shape index (κ1) is 16.5. The average molecular weight is 320 g/mol. The van der Waals surface area contributed by atoms with E-state index in [1.54, 1.807) is 7.11 Å². The molecule has 0 bridgehead atoms. The van der Waals surface area contributed by atoms with Crippen LogP contribution < -0.4 is 0 Å². The van der Waals surface area contributed by atoms with Crippen molar-refractivity contribution < 1.29 is 9.53 Å². The van der Waals surface area contributed by atoms with Crippen LogP contribution >= 0.6 is 0 Å².